The van der Waals surface area contributed by atoms with Gasteiger partial charge in [0.2, 0.25) is 5.91 Å². The fraction of sp³-hybridized carbons (Fsp3) is 0.382. The second-order valence-corrected chi connectivity index (χ2v) is 12.4. The number of piperazine rings is 1. The summed E-state index contributed by atoms with van der Waals surface area (Å²) in [6.45, 7) is 7.59. The highest BCUT2D eigenvalue weighted by Gasteiger charge is 2.44. The number of carbonyl (C=O) groups is 2. The molecule has 2 fully saturated rings. The number of anilines is 3. The molecule has 2 amide bonds. The third kappa shape index (κ3) is 8.33. The minimum Gasteiger partial charge on any atom is -0.494 e. The number of hydrogen-bond acceptors (Lipinski definition) is 7. The molecule has 5 rings (SSSR count). The number of benzene rings is 3. The molecule has 0 unspecified atom stereocenters. The Labute approximate surface area is 274 Å². The molecule has 1 N–H and O–H groups in total. The van der Waals surface area contributed by atoms with Crippen LogP contribution in [0.4, 0.5) is 21.5 Å². The van der Waals surface area contributed by atoms with Crippen molar-refractivity contribution in [3.8, 4) is 5.75 Å². The molecule has 3 aromatic rings. The van der Waals surface area contributed by atoms with E-state index in [1.807, 2.05) is 66.6 Å². The Morgan fingerprint density at radius 3 is 2.42 bits per heavy atom. The molecule has 45 heavy (non-hydrogen) atoms. The van der Waals surface area contributed by atoms with E-state index in [0.717, 1.165) is 61.9 Å². The van der Waals surface area contributed by atoms with E-state index in [2.05, 4.69) is 15.1 Å². The van der Waals surface area contributed by atoms with Crippen LogP contribution in [0.3, 0.4) is 0 Å². The van der Waals surface area contributed by atoms with Crippen molar-refractivity contribution in [2.24, 2.45) is 0 Å². The van der Waals surface area contributed by atoms with Gasteiger partial charge in [0.05, 0.1) is 18.7 Å². The molecule has 1 atom stereocenters. The number of amides is 2. The molecule has 2 heterocycles. The lowest BCUT2D eigenvalue weighted by atomic mass is 10.1. The monoisotopic (exact) mass is 649 g/mol. The van der Waals surface area contributed by atoms with Crippen molar-refractivity contribution in [2.45, 2.75) is 37.1 Å². The molecule has 8 nitrogen and oxygen atoms in total. The van der Waals surface area contributed by atoms with Crippen molar-refractivity contribution in [2.75, 3.05) is 67.2 Å². The van der Waals surface area contributed by atoms with Gasteiger partial charge in [0.25, 0.3) is 5.91 Å². The molecule has 3 aromatic carbocycles. The smallest absolute Gasteiger partial charge is 0.256 e. The summed E-state index contributed by atoms with van der Waals surface area (Å²) < 4.78 is 19.0. The van der Waals surface area contributed by atoms with Gasteiger partial charge in [-0.3, -0.25) is 19.4 Å². The maximum atomic E-state index is 13.9. The summed E-state index contributed by atoms with van der Waals surface area (Å²) in [5.41, 5.74) is 2.39. The zero-order chi connectivity index (χ0) is 31.8. The van der Waals surface area contributed by atoms with E-state index in [0.29, 0.717) is 29.6 Å². The number of nitrogens with one attached hydrogen (secondary N) is 1. The van der Waals surface area contributed by atoms with Gasteiger partial charge >= 0.3 is 0 Å². The molecular weight excluding hydrogens is 610 g/mol. The van der Waals surface area contributed by atoms with Crippen LogP contribution in [0.1, 0.15) is 26.2 Å². The van der Waals surface area contributed by atoms with Gasteiger partial charge in [0.1, 0.15) is 17.6 Å². The Hall–Kier alpha value is -3.67. The van der Waals surface area contributed by atoms with Gasteiger partial charge in [-0.2, -0.15) is 0 Å². The van der Waals surface area contributed by atoms with E-state index in [1.54, 1.807) is 28.8 Å². The van der Waals surface area contributed by atoms with Gasteiger partial charge < -0.3 is 19.9 Å². The number of hydrogen-bond donors (Lipinski definition) is 1. The molecule has 2 saturated heterocycles. The second-order valence-electron chi connectivity index (χ2n) is 11.2. The Kier molecular flexibility index (Phi) is 11.3. The SMILES string of the molecule is CCCOc1ccc(NC(=O)C[C@H]2C(=O)N(c3cccc(SC)c3)C(=S)N2CCCN2CCN(c3ccc(F)cc3)CC2)cc1. The number of halogens is 1. The predicted octanol–water partition coefficient (Wildman–Crippen LogP) is 5.88. The summed E-state index contributed by atoms with van der Waals surface area (Å²) in [4.78, 5) is 36.3. The zero-order valence-electron chi connectivity index (χ0n) is 25.8. The normalized spacial score (nSPS) is 17.2. The third-order valence-corrected chi connectivity index (χ3v) is 9.20. The van der Waals surface area contributed by atoms with E-state index in [1.165, 1.54) is 12.1 Å². The van der Waals surface area contributed by atoms with Crippen LogP contribution in [0.15, 0.2) is 77.7 Å². The topological polar surface area (TPSA) is 68.4 Å². The quantitative estimate of drug-likeness (QED) is 0.182. The molecule has 0 aliphatic carbocycles. The summed E-state index contributed by atoms with van der Waals surface area (Å²) in [6, 6.07) is 21.0. The zero-order valence-corrected chi connectivity index (χ0v) is 27.4. The summed E-state index contributed by atoms with van der Waals surface area (Å²) in [6.07, 6.45) is 3.69. The van der Waals surface area contributed by atoms with E-state index in [4.69, 9.17) is 17.0 Å². The van der Waals surface area contributed by atoms with Crippen LogP contribution in [0.2, 0.25) is 0 Å². The Bertz CT molecular complexity index is 1470. The first-order valence-corrected chi connectivity index (χ1v) is 17.0. The highest BCUT2D eigenvalue weighted by molar-refractivity contribution is 7.98. The minimum atomic E-state index is -0.696. The number of nitrogens with zero attached hydrogens (tertiary/aromatic N) is 4. The number of rotatable bonds is 13. The average Bonchev–Trinajstić information content (AvgIpc) is 3.29. The molecule has 0 spiro atoms. The summed E-state index contributed by atoms with van der Waals surface area (Å²) in [5.74, 6) is 0.0792. The van der Waals surface area contributed by atoms with Gasteiger partial charge in [0, 0.05) is 49.0 Å². The lowest BCUT2D eigenvalue weighted by Crippen LogP contribution is -2.47. The van der Waals surface area contributed by atoms with Crippen molar-refractivity contribution in [3.63, 3.8) is 0 Å². The number of thioether (sulfide) groups is 1. The van der Waals surface area contributed by atoms with Crippen LogP contribution in [0, 0.1) is 5.82 Å². The van der Waals surface area contributed by atoms with Crippen LogP contribution in [-0.2, 0) is 9.59 Å². The van der Waals surface area contributed by atoms with Crippen LogP contribution in [-0.4, -0.2) is 84.9 Å². The number of carbonyl (C=O) groups excluding carboxylic acids is 2. The maximum absolute atomic E-state index is 13.9. The van der Waals surface area contributed by atoms with Crippen molar-refractivity contribution in [1.29, 1.82) is 0 Å². The maximum Gasteiger partial charge on any atom is 0.256 e. The van der Waals surface area contributed by atoms with Crippen LogP contribution in [0.5, 0.6) is 5.75 Å². The molecule has 2 aliphatic rings. The summed E-state index contributed by atoms with van der Waals surface area (Å²) in [5, 5.41) is 3.36. The average molecular weight is 650 g/mol. The fourth-order valence-electron chi connectivity index (χ4n) is 5.66. The van der Waals surface area contributed by atoms with Gasteiger partial charge in [-0.1, -0.05) is 13.0 Å². The van der Waals surface area contributed by atoms with Crippen molar-refractivity contribution < 1.29 is 18.7 Å². The lowest BCUT2D eigenvalue weighted by Gasteiger charge is -2.36. The summed E-state index contributed by atoms with van der Waals surface area (Å²) >= 11 is 7.49. The largest absolute Gasteiger partial charge is 0.494 e. The van der Waals surface area contributed by atoms with Crippen LogP contribution >= 0.6 is 24.0 Å². The first-order chi connectivity index (χ1) is 21.9. The molecule has 0 aromatic heterocycles. The van der Waals surface area contributed by atoms with Gasteiger partial charge in [-0.05, 0) is 105 Å². The Balaban J connectivity index is 1.22. The van der Waals surface area contributed by atoms with E-state index in [-0.39, 0.29) is 24.1 Å². The lowest BCUT2D eigenvalue weighted by molar-refractivity contribution is -0.124. The van der Waals surface area contributed by atoms with Crippen molar-refractivity contribution in [1.82, 2.24) is 9.80 Å². The third-order valence-electron chi connectivity index (χ3n) is 8.06. The predicted molar refractivity (Wildman–Crippen MR) is 184 cm³/mol. The Morgan fingerprint density at radius 1 is 1.00 bits per heavy atom. The first kappa shape index (κ1) is 32.7. The van der Waals surface area contributed by atoms with E-state index < -0.39 is 6.04 Å². The van der Waals surface area contributed by atoms with Crippen LogP contribution < -0.4 is 19.9 Å². The molecule has 0 saturated carbocycles. The molecule has 2 aliphatic heterocycles. The first-order valence-electron chi connectivity index (χ1n) is 15.4. The highest BCUT2D eigenvalue weighted by atomic mass is 32.2. The Morgan fingerprint density at radius 2 is 1.73 bits per heavy atom. The van der Waals surface area contributed by atoms with E-state index >= 15 is 0 Å². The molecule has 238 valence electrons. The van der Waals surface area contributed by atoms with Crippen molar-refractivity contribution in [3.05, 3.63) is 78.6 Å². The summed E-state index contributed by atoms with van der Waals surface area (Å²) in [7, 11) is 0. The van der Waals surface area contributed by atoms with E-state index in [9.17, 15) is 14.0 Å². The number of ether oxygens (including phenoxy) is 1. The molecular formula is C34H40FN5O3S2. The minimum absolute atomic E-state index is 0.0118. The van der Waals surface area contributed by atoms with Crippen molar-refractivity contribution >= 4 is 58.0 Å². The standard InChI is InChI=1S/C34H40FN5O3S2/c1-3-22-43-29-14-10-26(11-15-29)36-32(41)24-31-33(42)40(28-6-4-7-30(23-28)45-2)34(44)39(31)17-5-16-37-18-20-38(21-19-37)27-12-8-25(35)9-13-27/h4,6-15,23,31H,3,5,16-22,24H2,1-2H3,(H,36,41)/t31-/m0/s1. The van der Waals surface area contributed by atoms with Gasteiger partial charge in [0.15, 0.2) is 5.11 Å². The van der Waals surface area contributed by atoms with Gasteiger partial charge in [-0.15, -0.1) is 11.8 Å². The number of thiocarbonyl (C=S) groups is 1. The molecule has 11 heteroatoms. The fourth-order valence-corrected chi connectivity index (χ4v) is 6.53. The molecule has 0 radical (unpaired) electrons. The second kappa shape index (κ2) is 15.6. The molecule has 0 bridgehead atoms. The van der Waals surface area contributed by atoms with Crippen LogP contribution in [0.25, 0.3) is 0 Å². The van der Waals surface area contributed by atoms with Gasteiger partial charge in [-0.25, -0.2) is 4.39 Å². The highest BCUT2D eigenvalue weighted by Crippen LogP contribution is 2.30.